The zero-order valence-corrected chi connectivity index (χ0v) is 18.9. The fourth-order valence-electron chi connectivity index (χ4n) is 5.29. The first-order chi connectivity index (χ1) is 15.7. The first kappa shape index (κ1) is 22.9. The zero-order chi connectivity index (χ0) is 22.2. The molecule has 1 saturated carbocycles. The number of esters is 1. The molecule has 2 aliphatic rings. The highest BCUT2D eigenvalue weighted by Crippen LogP contribution is 2.40. The van der Waals surface area contributed by atoms with Crippen molar-refractivity contribution in [2.24, 2.45) is 5.92 Å². The molecule has 4 rings (SSSR count). The van der Waals surface area contributed by atoms with Crippen molar-refractivity contribution in [2.45, 2.75) is 62.9 Å². The molecule has 0 amide bonds. The lowest BCUT2D eigenvalue weighted by Crippen LogP contribution is -2.45. The number of ether oxygens (including phenoxy) is 1. The zero-order valence-electron chi connectivity index (χ0n) is 18.9. The Hall–Kier alpha value is -2.31. The number of benzene rings is 1. The van der Waals surface area contributed by atoms with Crippen molar-refractivity contribution in [1.82, 2.24) is 14.9 Å². The van der Waals surface area contributed by atoms with Gasteiger partial charge in [0.25, 0.3) is 0 Å². The second kappa shape index (κ2) is 11.0. The monoisotopic (exact) mass is 437 g/mol. The molecule has 0 bridgehead atoms. The van der Waals surface area contributed by atoms with E-state index in [1.54, 1.807) is 12.5 Å². The van der Waals surface area contributed by atoms with Crippen molar-refractivity contribution in [3.05, 3.63) is 60.2 Å². The molecule has 1 aliphatic carbocycles. The van der Waals surface area contributed by atoms with Crippen LogP contribution in [0.3, 0.4) is 0 Å². The Morgan fingerprint density at radius 2 is 1.84 bits per heavy atom. The Kier molecular flexibility index (Phi) is 7.87. The molecule has 1 saturated heterocycles. The fraction of sp³-hybridized carbons (Fsp3) is 0.577. The molecule has 1 N–H and O–H groups in total. The number of carbonyl (C=O) groups is 1. The predicted octanol–water partition coefficient (Wildman–Crippen LogP) is 4.06. The third-order valence-electron chi connectivity index (χ3n) is 7.12. The lowest BCUT2D eigenvalue weighted by Gasteiger charge is -2.37. The molecule has 32 heavy (non-hydrogen) atoms. The van der Waals surface area contributed by atoms with Crippen LogP contribution in [-0.2, 0) is 15.1 Å². The summed E-state index contributed by atoms with van der Waals surface area (Å²) in [4.78, 5) is 24.3. The minimum Gasteiger partial charge on any atom is -0.463 e. The van der Waals surface area contributed by atoms with Crippen LogP contribution in [0.1, 0.15) is 68.5 Å². The topological polar surface area (TPSA) is 75.5 Å². The highest BCUT2D eigenvalue weighted by molar-refractivity contribution is 5.81. The van der Waals surface area contributed by atoms with Gasteiger partial charge in [-0.2, -0.15) is 0 Å². The van der Waals surface area contributed by atoms with E-state index in [0.29, 0.717) is 12.0 Å². The molecule has 6 heteroatoms. The predicted molar refractivity (Wildman–Crippen MR) is 123 cm³/mol. The lowest BCUT2D eigenvalue weighted by atomic mass is 9.73. The third kappa shape index (κ3) is 5.36. The van der Waals surface area contributed by atoms with Gasteiger partial charge in [-0.1, -0.05) is 49.6 Å². The van der Waals surface area contributed by atoms with E-state index in [1.165, 1.54) is 12.8 Å². The molecule has 1 aromatic carbocycles. The van der Waals surface area contributed by atoms with E-state index >= 15 is 0 Å². The van der Waals surface area contributed by atoms with Gasteiger partial charge in [-0.3, -0.25) is 0 Å². The number of likely N-dealkylation sites (tertiary alicyclic amines) is 1. The van der Waals surface area contributed by atoms with Gasteiger partial charge in [0.2, 0.25) is 0 Å². The first-order valence-corrected chi connectivity index (χ1v) is 12.1. The average molecular weight is 438 g/mol. The number of aromatic nitrogens is 2. The minimum atomic E-state index is -1.58. The quantitative estimate of drug-likeness (QED) is 0.597. The van der Waals surface area contributed by atoms with Crippen LogP contribution >= 0.6 is 0 Å². The number of hydrogen-bond acceptors (Lipinski definition) is 6. The average Bonchev–Trinajstić information content (AvgIpc) is 3.37. The minimum absolute atomic E-state index is 0.103. The van der Waals surface area contributed by atoms with Gasteiger partial charge in [0.15, 0.2) is 5.60 Å². The van der Waals surface area contributed by atoms with E-state index in [0.717, 1.165) is 57.4 Å². The molecule has 2 atom stereocenters. The number of aliphatic hydroxyl groups is 1. The summed E-state index contributed by atoms with van der Waals surface area (Å²) in [5.41, 5.74) is 0.0380. The molecule has 2 heterocycles. The largest absolute Gasteiger partial charge is 0.463 e. The highest BCUT2D eigenvalue weighted by atomic mass is 16.5. The van der Waals surface area contributed by atoms with Crippen molar-refractivity contribution in [2.75, 3.05) is 26.2 Å². The summed E-state index contributed by atoms with van der Waals surface area (Å²) < 4.78 is 5.78. The van der Waals surface area contributed by atoms with Crippen LogP contribution in [-0.4, -0.2) is 52.2 Å². The van der Waals surface area contributed by atoms with Gasteiger partial charge in [0.1, 0.15) is 6.33 Å². The van der Waals surface area contributed by atoms with Gasteiger partial charge in [-0.15, -0.1) is 0 Å². The van der Waals surface area contributed by atoms with Gasteiger partial charge in [0, 0.05) is 30.3 Å². The van der Waals surface area contributed by atoms with Gasteiger partial charge < -0.3 is 14.7 Å². The molecule has 172 valence electrons. The molecular formula is C26H35N3O3. The van der Waals surface area contributed by atoms with Crippen molar-refractivity contribution in [1.29, 1.82) is 0 Å². The van der Waals surface area contributed by atoms with E-state index < -0.39 is 11.6 Å². The Morgan fingerprint density at radius 3 is 2.53 bits per heavy atom. The second-order valence-corrected chi connectivity index (χ2v) is 9.23. The fourth-order valence-corrected chi connectivity index (χ4v) is 5.29. The Labute approximate surface area is 191 Å². The summed E-state index contributed by atoms with van der Waals surface area (Å²) >= 11 is 0. The standard InChI is InChI=1S/C26H35N3O3/c30-25(26(31,22-9-3-1-4-10-22)23-11-5-2-6-12-23)32-18-14-21(19-29-16-7-8-17-29)24-13-15-27-20-28-24/h1,3-4,9-10,13,15,20-21,23,31H,2,5-8,11-12,14,16-19H2/t21-,26?/m0/s1. The maximum absolute atomic E-state index is 13.3. The van der Waals surface area contributed by atoms with Crippen LogP contribution in [0.5, 0.6) is 0 Å². The van der Waals surface area contributed by atoms with E-state index in [9.17, 15) is 9.90 Å². The molecule has 1 aliphatic heterocycles. The Morgan fingerprint density at radius 1 is 1.09 bits per heavy atom. The van der Waals surface area contributed by atoms with Gasteiger partial charge >= 0.3 is 5.97 Å². The number of nitrogens with zero attached hydrogens (tertiary/aromatic N) is 3. The highest BCUT2D eigenvalue weighted by Gasteiger charge is 2.47. The smallest absolute Gasteiger partial charge is 0.343 e. The molecule has 0 radical (unpaired) electrons. The van der Waals surface area contributed by atoms with Crippen LogP contribution in [0.2, 0.25) is 0 Å². The Bertz CT molecular complexity index is 836. The van der Waals surface area contributed by atoms with Crippen LogP contribution in [0.4, 0.5) is 0 Å². The van der Waals surface area contributed by atoms with Gasteiger partial charge in [0.05, 0.1) is 6.61 Å². The van der Waals surface area contributed by atoms with Crippen molar-refractivity contribution in [3.8, 4) is 0 Å². The summed E-state index contributed by atoms with van der Waals surface area (Å²) in [7, 11) is 0. The summed E-state index contributed by atoms with van der Waals surface area (Å²) in [5, 5.41) is 11.7. The summed E-state index contributed by atoms with van der Waals surface area (Å²) in [6.45, 7) is 3.39. The van der Waals surface area contributed by atoms with Crippen molar-refractivity contribution >= 4 is 5.97 Å². The molecule has 1 aromatic heterocycles. The van der Waals surface area contributed by atoms with E-state index in [2.05, 4.69) is 14.9 Å². The van der Waals surface area contributed by atoms with E-state index in [4.69, 9.17) is 4.74 Å². The number of carbonyl (C=O) groups excluding carboxylic acids is 1. The van der Waals surface area contributed by atoms with Crippen LogP contribution < -0.4 is 0 Å². The number of hydrogen-bond donors (Lipinski definition) is 1. The molecule has 2 fully saturated rings. The van der Waals surface area contributed by atoms with Crippen molar-refractivity contribution < 1.29 is 14.6 Å². The van der Waals surface area contributed by atoms with Crippen LogP contribution in [0.15, 0.2) is 48.9 Å². The van der Waals surface area contributed by atoms with Gasteiger partial charge in [-0.05, 0) is 56.8 Å². The maximum atomic E-state index is 13.3. The summed E-state index contributed by atoms with van der Waals surface area (Å²) in [5.74, 6) is -0.449. The van der Waals surface area contributed by atoms with Gasteiger partial charge in [-0.25, -0.2) is 14.8 Å². The normalized spacial score (nSPS) is 20.5. The summed E-state index contributed by atoms with van der Waals surface area (Å²) in [6, 6.07) is 11.3. The summed E-state index contributed by atoms with van der Waals surface area (Å²) in [6.07, 6.45) is 11.4. The van der Waals surface area contributed by atoms with E-state index in [1.807, 2.05) is 36.4 Å². The molecule has 0 spiro atoms. The lowest BCUT2D eigenvalue weighted by molar-refractivity contribution is -0.175. The Balaban J connectivity index is 1.44. The first-order valence-electron chi connectivity index (χ1n) is 12.1. The molecule has 6 nitrogen and oxygen atoms in total. The van der Waals surface area contributed by atoms with Crippen LogP contribution in [0.25, 0.3) is 0 Å². The molecule has 2 aromatic rings. The van der Waals surface area contributed by atoms with Crippen LogP contribution in [0, 0.1) is 5.92 Å². The molecule has 1 unspecified atom stereocenters. The maximum Gasteiger partial charge on any atom is 0.343 e. The second-order valence-electron chi connectivity index (χ2n) is 9.23. The number of rotatable bonds is 9. The van der Waals surface area contributed by atoms with Crippen molar-refractivity contribution in [3.63, 3.8) is 0 Å². The SMILES string of the molecule is O=C(OCC[C@@H](CN1CCCC1)c1ccncn1)C(O)(c1ccccc1)C1CCCCC1. The molecular weight excluding hydrogens is 402 g/mol. The van der Waals surface area contributed by atoms with E-state index in [-0.39, 0.29) is 18.4 Å². The third-order valence-corrected chi connectivity index (χ3v) is 7.12.